The Morgan fingerprint density at radius 1 is 1.25 bits per heavy atom. The van der Waals surface area contributed by atoms with Crippen molar-refractivity contribution in [1.29, 1.82) is 0 Å². The number of benzene rings is 1. The third kappa shape index (κ3) is 2.59. The van der Waals surface area contributed by atoms with Gasteiger partial charge in [-0.05, 0) is 38.0 Å². The predicted molar refractivity (Wildman–Crippen MR) is 60.1 cm³/mol. The summed E-state index contributed by atoms with van der Waals surface area (Å²) in [4.78, 5) is 0. The van der Waals surface area contributed by atoms with Crippen LogP contribution in [0.5, 0.6) is 0 Å². The van der Waals surface area contributed by atoms with E-state index in [9.17, 15) is 8.78 Å². The smallest absolute Gasteiger partial charge is 0.127 e. The molecule has 1 N–H and O–H groups in total. The van der Waals surface area contributed by atoms with Crippen LogP contribution in [0.1, 0.15) is 38.2 Å². The molecule has 0 atom stereocenters. The minimum Gasteiger partial charge on any atom is -0.307 e. The highest BCUT2D eigenvalue weighted by atomic mass is 19.1. The third-order valence-corrected chi connectivity index (χ3v) is 3.42. The van der Waals surface area contributed by atoms with Crippen molar-refractivity contribution in [1.82, 2.24) is 5.32 Å². The van der Waals surface area contributed by atoms with Crippen LogP contribution in [0, 0.1) is 11.6 Å². The molecule has 1 fully saturated rings. The molecule has 0 aliphatic heterocycles. The lowest BCUT2D eigenvalue weighted by atomic mass is 10.0. The van der Waals surface area contributed by atoms with Crippen LogP contribution in [0.2, 0.25) is 0 Å². The zero-order chi connectivity index (χ0) is 11.6. The normalized spacial score (nSPS) is 18.9. The van der Waals surface area contributed by atoms with Crippen LogP contribution in [-0.4, -0.2) is 5.54 Å². The van der Waals surface area contributed by atoms with Crippen LogP contribution in [-0.2, 0) is 6.54 Å². The minimum absolute atomic E-state index is 0.0960. The summed E-state index contributed by atoms with van der Waals surface area (Å²) in [6.07, 6.45) is 4.66. The van der Waals surface area contributed by atoms with Crippen LogP contribution >= 0.6 is 0 Å². The van der Waals surface area contributed by atoms with Crippen molar-refractivity contribution in [3.8, 4) is 0 Å². The van der Waals surface area contributed by atoms with E-state index in [1.165, 1.54) is 25.0 Å². The third-order valence-electron chi connectivity index (χ3n) is 3.42. The van der Waals surface area contributed by atoms with Gasteiger partial charge in [-0.15, -0.1) is 0 Å². The van der Waals surface area contributed by atoms with Crippen LogP contribution in [0.15, 0.2) is 18.2 Å². The van der Waals surface area contributed by atoms with Gasteiger partial charge in [0.05, 0.1) is 0 Å². The monoisotopic (exact) mass is 225 g/mol. The van der Waals surface area contributed by atoms with Gasteiger partial charge in [0.1, 0.15) is 11.6 Å². The summed E-state index contributed by atoms with van der Waals surface area (Å²) in [7, 11) is 0. The first kappa shape index (κ1) is 11.5. The van der Waals surface area contributed by atoms with Crippen molar-refractivity contribution in [2.45, 2.75) is 44.7 Å². The van der Waals surface area contributed by atoms with E-state index in [2.05, 4.69) is 12.2 Å². The number of halogens is 2. The molecule has 1 aliphatic rings. The first-order valence-corrected chi connectivity index (χ1v) is 5.78. The Labute approximate surface area is 94.9 Å². The van der Waals surface area contributed by atoms with Crippen molar-refractivity contribution >= 4 is 0 Å². The molecule has 16 heavy (non-hydrogen) atoms. The molecule has 0 radical (unpaired) electrons. The highest BCUT2D eigenvalue weighted by molar-refractivity contribution is 5.18. The lowest BCUT2D eigenvalue weighted by Gasteiger charge is -2.25. The van der Waals surface area contributed by atoms with E-state index < -0.39 is 0 Å². The van der Waals surface area contributed by atoms with Gasteiger partial charge in [-0.2, -0.15) is 0 Å². The fourth-order valence-corrected chi connectivity index (χ4v) is 2.32. The Morgan fingerprint density at radius 2 is 1.94 bits per heavy atom. The van der Waals surface area contributed by atoms with Gasteiger partial charge in [0.15, 0.2) is 0 Å². The average Bonchev–Trinajstić information content (AvgIpc) is 2.67. The summed E-state index contributed by atoms with van der Waals surface area (Å²) in [6.45, 7) is 2.55. The Bertz CT molecular complexity index is 370. The summed E-state index contributed by atoms with van der Waals surface area (Å²) in [5.41, 5.74) is 0.506. The summed E-state index contributed by atoms with van der Waals surface area (Å²) in [5, 5.41) is 3.34. The molecule has 0 bridgehead atoms. The quantitative estimate of drug-likeness (QED) is 0.831. The maximum absolute atomic E-state index is 13.4. The van der Waals surface area contributed by atoms with Crippen molar-refractivity contribution in [3.05, 3.63) is 35.4 Å². The maximum atomic E-state index is 13.4. The summed E-state index contributed by atoms with van der Waals surface area (Å²) in [5.74, 6) is -0.717. The molecule has 1 aromatic carbocycles. The minimum atomic E-state index is -0.380. The first-order chi connectivity index (χ1) is 7.59. The second kappa shape index (κ2) is 4.50. The average molecular weight is 225 g/mol. The fourth-order valence-electron chi connectivity index (χ4n) is 2.32. The van der Waals surface area contributed by atoms with Gasteiger partial charge in [-0.3, -0.25) is 0 Å². The summed E-state index contributed by atoms with van der Waals surface area (Å²) >= 11 is 0. The van der Waals surface area contributed by atoms with Crippen molar-refractivity contribution in [3.63, 3.8) is 0 Å². The van der Waals surface area contributed by atoms with Crippen molar-refractivity contribution < 1.29 is 8.78 Å². The van der Waals surface area contributed by atoms with E-state index in [0.717, 1.165) is 18.9 Å². The molecular formula is C13H17F2N. The molecule has 3 heteroatoms. The van der Waals surface area contributed by atoms with Gasteiger partial charge < -0.3 is 5.32 Å². The predicted octanol–water partition coefficient (Wildman–Crippen LogP) is 3.39. The molecule has 1 aliphatic carbocycles. The molecule has 2 rings (SSSR count). The summed E-state index contributed by atoms with van der Waals surface area (Å²) < 4.78 is 26.3. The number of hydrogen-bond donors (Lipinski definition) is 1. The van der Waals surface area contributed by atoms with E-state index in [-0.39, 0.29) is 17.2 Å². The topological polar surface area (TPSA) is 12.0 Å². The molecule has 0 heterocycles. The van der Waals surface area contributed by atoms with Gasteiger partial charge in [0.25, 0.3) is 0 Å². The zero-order valence-corrected chi connectivity index (χ0v) is 9.52. The lowest BCUT2D eigenvalue weighted by molar-refractivity contribution is 0.359. The second-order valence-corrected chi connectivity index (χ2v) is 4.86. The second-order valence-electron chi connectivity index (χ2n) is 4.86. The Hall–Kier alpha value is -0.960. The Kier molecular flexibility index (Phi) is 3.24. The number of rotatable bonds is 3. The van der Waals surface area contributed by atoms with Gasteiger partial charge in [-0.25, -0.2) is 8.78 Å². The molecular weight excluding hydrogens is 208 g/mol. The lowest BCUT2D eigenvalue weighted by Crippen LogP contribution is -2.39. The highest BCUT2D eigenvalue weighted by Crippen LogP contribution is 2.29. The maximum Gasteiger partial charge on any atom is 0.127 e. The Balaban J connectivity index is 2.01. The molecule has 0 saturated heterocycles. The summed E-state index contributed by atoms with van der Waals surface area (Å²) in [6, 6.07) is 3.60. The van der Waals surface area contributed by atoms with Gasteiger partial charge in [0, 0.05) is 17.6 Å². The standard InChI is InChI=1S/C13H17F2N/c1-13(6-2-3-7-13)16-9-10-8-11(14)4-5-12(10)15/h4-5,8,16H,2-3,6-7,9H2,1H3. The molecule has 0 unspecified atom stereocenters. The molecule has 0 spiro atoms. The molecule has 88 valence electrons. The van der Waals surface area contributed by atoms with E-state index in [4.69, 9.17) is 0 Å². The Morgan fingerprint density at radius 3 is 2.62 bits per heavy atom. The number of nitrogens with one attached hydrogen (secondary N) is 1. The van der Waals surface area contributed by atoms with E-state index in [1.54, 1.807) is 0 Å². The van der Waals surface area contributed by atoms with Crippen LogP contribution in [0.25, 0.3) is 0 Å². The van der Waals surface area contributed by atoms with Crippen molar-refractivity contribution in [2.75, 3.05) is 0 Å². The SMILES string of the molecule is CC1(NCc2cc(F)ccc2F)CCCC1. The van der Waals surface area contributed by atoms with E-state index in [0.29, 0.717) is 12.1 Å². The molecule has 0 aromatic heterocycles. The molecule has 1 saturated carbocycles. The highest BCUT2D eigenvalue weighted by Gasteiger charge is 2.27. The van der Waals surface area contributed by atoms with Crippen LogP contribution in [0.4, 0.5) is 8.78 Å². The van der Waals surface area contributed by atoms with Crippen LogP contribution < -0.4 is 5.32 Å². The largest absolute Gasteiger partial charge is 0.307 e. The van der Waals surface area contributed by atoms with Gasteiger partial charge in [-0.1, -0.05) is 12.8 Å². The van der Waals surface area contributed by atoms with Gasteiger partial charge in [0.2, 0.25) is 0 Å². The van der Waals surface area contributed by atoms with Crippen molar-refractivity contribution in [2.24, 2.45) is 0 Å². The fraction of sp³-hybridized carbons (Fsp3) is 0.538. The van der Waals surface area contributed by atoms with E-state index in [1.807, 2.05) is 0 Å². The van der Waals surface area contributed by atoms with Gasteiger partial charge >= 0.3 is 0 Å². The van der Waals surface area contributed by atoms with Crippen LogP contribution in [0.3, 0.4) is 0 Å². The molecule has 0 amide bonds. The molecule has 1 nitrogen and oxygen atoms in total. The number of hydrogen-bond acceptors (Lipinski definition) is 1. The first-order valence-electron chi connectivity index (χ1n) is 5.78. The molecule has 1 aromatic rings. The zero-order valence-electron chi connectivity index (χ0n) is 9.52. The van der Waals surface area contributed by atoms with E-state index >= 15 is 0 Å².